The molecule has 154 valence electrons. The smallest absolute Gasteiger partial charge is 0.261 e. The van der Waals surface area contributed by atoms with Crippen LogP contribution in [0.2, 0.25) is 0 Å². The molecule has 0 fully saturated rings. The first kappa shape index (κ1) is 20.7. The molecule has 1 aromatic heterocycles. The minimum Gasteiger partial charge on any atom is -0.454 e. The molecule has 1 aliphatic rings. The van der Waals surface area contributed by atoms with Crippen LogP contribution in [0.25, 0.3) is 0 Å². The van der Waals surface area contributed by atoms with E-state index in [9.17, 15) is 14.4 Å². The van der Waals surface area contributed by atoms with E-state index in [-0.39, 0.29) is 31.7 Å². The molecule has 0 aliphatic carbocycles. The quantitative estimate of drug-likeness (QED) is 0.751. The Morgan fingerprint density at radius 3 is 2.59 bits per heavy atom. The largest absolute Gasteiger partial charge is 0.454 e. The number of ether oxygens (including phenoxy) is 2. The van der Waals surface area contributed by atoms with E-state index in [0.717, 1.165) is 0 Å². The van der Waals surface area contributed by atoms with E-state index in [1.165, 1.54) is 16.2 Å². The van der Waals surface area contributed by atoms with Crippen molar-refractivity contribution in [3.8, 4) is 11.5 Å². The Morgan fingerprint density at radius 2 is 1.90 bits per heavy atom. The molecule has 0 unspecified atom stereocenters. The second-order valence-corrected chi connectivity index (χ2v) is 8.42. The molecule has 29 heavy (non-hydrogen) atoms. The molecular weight excluding hydrogens is 394 g/mol. The molecule has 1 aromatic carbocycles. The van der Waals surface area contributed by atoms with Crippen LogP contribution in [0, 0.1) is 0 Å². The van der Waals surface area contributed by atoms with Gasteiger partial charge in [0, 0.05) is 17.3 Å². The van der Waals surface area contributed by atoms with Gasteiger partial charge in [0.05, 0.1) is 11.4 Å². The van der Waals surface area contributed by atoms with E-state index in [2.05, 4.69) is 10.6 Å². The third-order valence-electron chi connectivity index (χ3n) is 3.93. The standard InChI is InChI=1S/C20H23N3O5S/c1-20(2,3)22-17(24)11-23(13-6-7-14-15(9-13)28-12-27-14)18(25)10-21-19(26)16-5-4-8-29-16/h4-9H,10-12H2,1-3H3,(H,21,26)(H,22,24). The highest BCUT2D eigenvalue weighted by Gasteiger charge is 2.24. The van der Waals surface area contributed by atoms with Crippen LogP contribution in [0.4, 0.5) is 5.69 Å². The number of nitrogens with one attached hydrogen (secondary N) is 2. The van der Waals surface area contributed by atoms with Crippen molar-refractivity contribution < 1.29 is 23.9 Å². The second kappa shape index (κ2) is 8.52. The van der Waals surface area contributed by atoms with Gasteiger partial charge in [0.2, 0.25) is 18.6 Å². The molecule has 0 atom stereocenters. The summed E-state index contributed by atoms with van der Waals surface area (Å²) < 4.78 is 10.7. The number of nitrogens with zero attached hydrogens (tertiary/aromatic N) is 1. The number of carbonyl (C=O) groups is 3. The molecule has 3 amide bonds. The zero-order valence-corrected chi connectivity index (χ0v) is 17.3. The average Bonchev–Trinajstić information content (AvgIpc) is 3.33. The first-order valence-corrected chi connectivity index (χ1v) is 9.93. The number of fused-ring (bicyclic) bond motifs is 1. The molecule has 2 heterocycles. The Bertz CT molecular complexity index is 905. The summed E-state index contributed by atoms with van der Waals surface area (Å²) in [6.07, 6.45) is 0. The number of benzene rings is 1. The molecule has 2 N–H and O–H groups in total. The van der Waals surface area contributed by atoms with Crippen molar-refractivity contribution in [2.24, 2.45) is 0 Å². The lowest BCUT2D eigenvalue weighted by atomic mass is 10.1. The van der Waals surface area contributed by atoms with Gasteiger partial charge in [-0.2, -0.15) is 0 Å². The minimum absolute atomic E-state index is 0.105. The highest BCUT2D eigenvalue weighted by Crippen LogP contribution is 2.35. The van der Waals surface area contributed by atoms with E-state index in [4.69, 9.17) is 9.47 Å². The Labute approximate surface area is 172 Å². The zero-order chi connectivity index (χ0) is 21.0. The number of amides is 3. The van der Waals surface area contributed by atoms with Crippen molar-refractivity contribution in [1.29, 1.82) is 0 Å². The molecule has 0 saturated carbocycles. The van der Waals surface area contributed by atoms with Crippen molar-refractivity contribution in [3.05, 3.63) is 40.6 Å². The van der Waals surface area contributed by atoms with Gasteiger partial charge in [0.25, 0.3) is 5.91 Å². The van der Waals surface area contributed by atoms with Crippen LogP contribution < -0.4 is 25.0 Å². The van der Waals surface area contributed by atoms with Gasteiger partial charge in [-0.1, -0.05) is 6.07 Å². The van der Waals surface area contributed by atoms with Gasteiger partial charge >= 0.3 is 0 Å². The van der Waals surface area contributed by atoms with E-state index in [0.29, 0.717) is 22.1 Å². The van der Waals surface area contributed by atoms with Crippen molar-refractivity contribution in [2.45, 2.75) is 26.3 Å². The summed E-state index contributed by atoms with van der Waals surface area (Å²) in [7, 11) is 0. The molecule has 1 aliphatic heterocycles. The van der Waals surface area contributed by atoms with Crippen molar-refractivity contribution in [2.75, 3.05) is 24.8 Å². The summed E-state index contributed by atoms with van der Waals surface area (Å²) in [6, 6.07) is 8.44. The van der Waals surface area contributed by atoms with Gasteiger partial charge in [-0.25, -0.2) is 0 Å². The highest BCUT2D eigenvalue weighted by atomic mass is 32.1. The lowest BCUT2D eigenvalue weighted by molar-refractivity contribution is -0.124. The topological polar surface area (TPSA) is 97.0 Å². The summed E-state index contributed by atoms with van der Waals surface area (Å²) in [4.78, 5) is 39.3. The first-order valence-electron chi connectivity index (χ1n) is 9.06. The number of thiophene rings is 1. The van der Waals surface area contributed by atoms with E-state index in [1.807, 2.05) is 20.8 Å². The molecule has 8 nitrogen and oxygen atoms in total. The maximum Gasteiger partial charge on any atom is 0.261 e. The highest BCUT2D eigenvalue weighted by molar-refractivity contribution is 7.12. The van der Waals surface area contributed by atoms with Gasteiger partial charge in [-0.05, 0) is 44.4 Å². The number of rotatable bonds is 6. The summed E-state index contributed by atoms with van der Waals surface area (Å²) in [6.45, 7) is 5.25. The van der Waals surface area contributed by atoms with Gasteiger partial charge in [0.1, 0.15) is 6.54 Å². The van der Waals surface area contributed by atoms with Crippen molar-refractivity contribution in [1.82, 2.24) is 10.6 Å². The van der Waals surface area contributed by atoms with Crippen molar-refractivity contribution in [3.63, 3.8) is 0 Å². The predicted octanol–water partition coefficient (Wildman–Crippen LogP) is 2.15. The van der Waals surface area contributed by atoms with E-state index in [1.54, 1.807) is 35.7 Å². The average molecular weight is 417 g/mol. The molecular formula is C20H23N3O5S. The Morgan fingerprint density at radius 1 is 1.14 bits per heavy atom. The molecule has 0 radical (unpaired) electrons. The molecule has 3 rings (SSSR count). The maximum absolute atomic E-state index is 12.9. The number of anilines is 1. The molecule has 0 spiro atoms. The van der Waals surface area contributed by atoms with Gasteiger partial charge in [-0.15, -0.1) is 11.3 Å². The van der Waals surface area contributed by atoms with Gasteiger partial charge < -0.3 is 25.0 Å². The lowest BCUT2D eigenvalue weighted by Gasteiger charge is -2.26. The summed E-state index contributed by atoms with van der Waals surface area (Å²) >= 11 is 1.29. The van der Waals surface area contributed by atoms with Crippen LogP contribution in [0.15, 0.2) is 35.7 Å². The Hall–Kier alpha value is -3.07. The monoisotopic (exact) mass is 417 g/mol. The molecule has 0 bridgehead atoms. The Balaban J connectivity index is 1.75. The van der Waals surface area contributed by atoms with Crippen LogP contribution in [-0.2, 0) is 9.59 Å². The minimum atomic E-state index is -0.436. The van der Waals surface area contributed by atoms with Crippen LogP contribution in [-0.4, -0.2) is 43.1 Å². The number of carbonyl (C=O) groups excluding carboxylic acids is 3. The Kier molecular flexibility index (Phi) is 6.07. The molecule has 0 saturated heterocycles. The molecule has 2 aromatic rings. The summed E-state index contributed by atoms with van der Waals surface area (Å²) in [5, 5.41) is 7.23. The van der Waals surface area contributed by atoms with Crippen LogP contribution in [0.5, 0.6) is 11.5 Å². The normalized spacial score (nSPS) is 12.4. The third-order valence-corrected chi connectivity index (χ3v) is 4.80. The SMILES string of the molecule is CC(C)(C)NC(=O)CN(C(=O)CNC(=O)c1cccs1)c1ccc2c(c1)OCO2. The molecule has 9 heteroatoms. The van der Waals surface area contributed by atoms with Crippen LogP contribution in [0.1, 0.15) is 30.4 Å². The van der Waals surface area contributed by atoms with Crippen molar-refractivity contribution >= 4 is 34.7 Å². The van der Waals surface area contributed by atoms with E-state index >= 15 is 0 Å². The van der Waals surface area contributed by atoms with Crippen LogP contribution in [0.3, 0.4) is 0 Å². The van der Waals surface area contributed by atoms with Gasteiger partial charge in [-0.3, -0.25) is 14.4 Å². The zero-order valence-electron chi connectivity index (χ0n) is 16.5. The predicted molar refractivity (Wildman–Crippen MR) is 109 cm³/mol. The summed E-state index contributed by atoms with van der Waals surface area (Å²) in [5.41, 5.74) is 0.0438. The van der Waals surface area contributed by atoms with E-state index < -0.39 is 11.4 Å². The van der Waals surface area contributed by atoms with Crippen LogP contribution >= 0.6 is 11.3 Å². The summed E-state index contributed by atoms with van der Waals surface area (Å²) in [5.74, 6) is 0.00880. The van der Waals surface area contributed by atoms with Gasteiger partial charge in [0.15, 0.2) is 11.5 Å². The second-order valence-electron chi connectivity index (χ2n) is 7.48. The maximum atomic E-state index is 12.9. The number of hydrogen-bond donors (Lipinski definition) is 2. The third kappa shape index (κ3) is 5.47. The first-order chi connectivity index (χ1) is 13.7. The lowest BCUT2D eigenvalue weighted by Crippen LogP contribution is -2.49. The fraction of sp³-hybridized carbons (Fsp3) is 0.350. The fourth-order valence-corrected chi connectivity index (χ4v) is 3.36. The fourth-order valence-electron chi connectivity index (χ4n) is 2.72. The number of hydrogen-bond acceptors (Lipinski definition) is 6.